The zero-order valence-electron chi connectivity index (χ0n) is 15.0. The maximum Gasteiger partial charge on any atom is 0.274 e. The fraction of sp³-hybridized carbons (Fsp3) is 0.368. The number of benzene rings is 2. The predicted molar refractivity (Wildman–Crippen MR) is 114 cm³/mol. The fourth-order valence-electron chi connectivity index (χ4n) is 3.37. The Bertz CT molecular complexity index is 903. The highest BCUT2D eigenvalue weighted by atomic mass is 79.9. The number of hydrogen-bond acceptors (Lipinski definition) is 5. The first-order valence-electron chi connectivity index (χ1n) is 8.82. The van der Waals surface area contributed by atoms with Crippen LogP contribution in [0, 0.1) is 20.2 Å². The molecule has 2 aliphatic rings. The van der Waals surface area contributed by atoms with Crippen LogP contribution in [-0.4, -0.2) is 20.8 Å². The summed E-state index contributed by atoms with van der Waals surface area (Å²) in [5.74, 6) is 0. The minimum Gasteiger partial charge on any atom is -0.292 e. The Morgan fingerprint density at radius 2 is 1.57 bits per heavy atom. The van der Waals surface area contributed by atoms with Gasteiger partial charge in [0, 0.05) is 53.1 Å². The molecule has 7 nitrogen and oxygen atoms in total. The Balaban J connectivity index is 0.000000163. The average Bonchev–Trinajstić information content (AvgIpc) is 3.45. The smallest absolute Gasteiger partial charge is 0.274 e. The molecule has 0 saturated heterocycles. The number of nitro groups is 2. The van der Waals surface area contributed by atoms with Crippen LogP contribution in [0.4, 0.5) is 11.4 Å². The molecule has 1 fully saturated rings. The molecule has 2 aromatic carbocycles. The molecule has 1 heterocycles. The summed E-state index contributed by atoms with van der Waals surface area (Å²) in [5, 5.41) is 22.6. The van der Waals surface area contributed by atoms with Crippen molar-refractivity contribution in [2.45, 2.75) is 42.6 Å². The van der Waals surface area contributed by atoms with E-state index in [0.717, 1.165) is 35.3 Å². The molecule has 0 atom stereocenters. The fourth-order valence-corrected chi connectivity index (χ4v) is 4.54. The Hall–Kier alpha value is -1.84. The highest BCUT2D eigenvalue weighted by molar-refractivity contribution is 9.09. The van der Waals surface area contributed by atoms with Crippen LogP contribution in [0.3, 0.4) is 0 Å². The SMILES string of the molecule is O=[N+]([O-])c1cccc(CBr)c1CBr.O=[N+]([O-])c1cccc2c1CN(C1CC1)C2. The second kappa shape index (κ2) is 9.11. The molecule has 9 heteroatoms. The topological polar surface area (TPSA) is 89.5 Å². The highest BCUT2D eigenvalue weighted by Crippen LogP contribution is 2.37. The van der Waals surface area contributed by atoms with Gasteiger partial charge in [0.25, 0.3) is 11.4 Å². The zero-order valence-corrected chi connectivity index (χ0v) is 18.2. The molecular formula is C19H19Br2N3O4. The number of hydrogen-bond donors (Lipinski definition) is 0. The third-order valence-electron chi connectivity index (χ3n) is 4.97. The predicted octanol–water partition coefficient (Wildman–Crippen LogP) is 5.46. The van der Waals surface area contributed by atoms with Gasteiger partial charge >= 0.3 is 0 Å². The quantitative estimate of drug-likeness (QED) is 0.301. The number of rotatable bonds is 5. The summed E-state index contributed by atoms with van der Waals surface area (Å²) in [6.07, 6.45) is 2.50. The molecule has 1 aliphatic carbocycles. The lowest BCUT2D eigenvalue weighted by molar-refractivity contribution is -0.385. The standard InChI is InChI=1S/C11H12N2O2.C8H7Br2NO2/c14-13(15)11-3-1-2-8-6-12(7-10(8)11)9-4-5-9;9-4-6-2-1-3-8(11(12)13)7(6)5-10/h1-3,9H,4-7H2;1-3H,4-5H2. The summed E-state index contributed by atoms with van der Waals surface area (Å²) >= 11 is 6.53. The lowest BCUT2D eigenvalue weighted by Gasteiger charge is -2.11. The number of fused-ring (bicyclic) bond motifs is 1. The molecule has 148 valence electrons. The van der Waals surface area contributed by atoms with Crippen LogP contribution >= 0.6 is 31.9 Å². The summed E-state index contributed by atoms with van der Waals surface area (Å²) in [7, 11) is 0. The van der Waals surface area contributed by atoms with Crippen molar-refractivity contribution < 1.29 is 9.85 Å². The number of nitro benzene ring substituents is 2. The number of halogens is 2. The van der Waals surface area contributed by atoms with Crippen molar-refractivity contribution in [1.29, 1.82) is 0 Å². The molecule has 0 radical (unpaired) electrons. The van der Waals surface area contributed by atoms with E-state index >= 15 is 0 Å². The largest absolute Gasteiger partial charge is 0.292 e. The summed E-state index contributed by atoms with van der Waals surface area (Å²) in [6, 6.07) is 11.2. The summed E-state index contributed by atoms with van der Waals surface area (Å²) in [6.45, 7) is 1.65. The summed E-state index contributed by atoms with van der Waals surface area (Å²) in [4.78, 5) is 23.2. The molecule has 1 saturated carbocycles. The molecule has 4 rings (SSSR count). The van der Waals surface area contributed by atoms with Gasteiger partial charge in [0.2, 0.25) is 0 Å². The maximum absolute atomic E-state index is 10.8. The van der Waals surface area contributed by atoms with E-state index in [4.69, 9.17) is 0 Å². The third kappa shape index (κ3) is 4.59. The first kappa shape index (κ1) is 20.9. The van der Waals surface area contributed by atoms with E-state index in [2.05, 4.69) is 36.8 Å². The lowest BCUT2D eigenvalue weighted by Crippen LogP contribution is -2.18. The van der Waals surface area contributed by atoms with E-state index in [1.807, 2.05) is 12.1 Å². The Morgan fingerprint density at radius 1 is 0.929 bits per heavy atom. The van der Waals surface area contributed by atoms with E-state index in [9.17, 15) is 20.2 Å². The van der Waals surface area contributed by atoms with Crippen LogP contribution < -0.4 is 0 Å². The van der Waals surface area contributed by atoms with Crippen LogP contribution in [0.5, 0.6) is 0 Å². The van der Waals surface area contributed by atoms with Gasteiger partial charge in [-0.2, -0.15) is 0 Å². The van der Waals surface area contributed by atoms with Gasteiger partial charge in [-0.05, 0) is 24.0 Å². The average molecular weight is 513 g/mol. The molecular weight excluding hydrogens is 494 g/mol. The van der Waals surface area contributed by atoms with Crippen molar-refractivity contribution in [2.75, 3.05) is 0 Å². The lowest BCUT2D eigenvalue weighted by atomic mass is 10.1. The van der Waals surface area contributed by atoms with Crippen LogP contribution in [0.15, 0.2) is 36.4 Å². The molecule has 0 amide bonds. The van der Waals surface area contributed by atoms with Crippen LogP contribution in [0.1, 0.15) is 35.1 Å². The van der Waals surface area contributed by atoms with Crippen molar-refractivity contribution in [2.24, 2.45) is 0 Å². The molecule has 28 heavy (non-hydrogen) atoms. The van der Waals surface area contributed by atoms with Crippen molar-refractivity contribution in [3.8, 4) is 0 Å². The van der Waals surface area contributed by atoms with Crippen LogP contribution in [-0.2, 0) is 23.7 Å². The minimum atomic E-state index is -0.358. The molecule has 0 unspecified atom stereocenters. The van der Waals surface area contributed by atoms with Crippen LogP contribution in [0.2, 0.25) is 0 Å². The Labute approximate surface area is 179 Å². The van der Waals surface area contributed by atoms with E-state index in [1.165, 1.54) is 18.9 Å². The molecule has 0 bridgehead atoms. The van der Waals surface area contributed by atoms with Gasteiger partial charge in [-0.3, -0.25) is 25.1 Å². The molecule has 0 aromatic heterocycles. The van der Waals surface area contributed by atoms with E-state index in [1.54, 1.807) is 18.2 Å². The van der Waals surface area contributed by atoms with Gasteiger partial charge in [0.1, 0.15) is 0 Å². The molecule has 0 N–H and O–H groups in total. The van der Waals surface area contributed by atoms with Crippen molar-refractivity contribution in [1.82, 2.24) is 4.90 Å². The number of nitrogens with zero attached hydrogens (tertiary/aromatic N) is 3. The second-order valence-electron chi connectivity index (χ2n) is 6.75. The van der Waals surface area contributed by atoms with Gasteiger partial charge < -0.3 is 0 Å². The monoisotopic (exact) mass is 511 g/mol. The van der Waals surface area contributed by atoms with Crippen molar-refractivity contribution in [3.05, 3.63) is 78.9 Å². The van der Waals surface area contributed by atoms with E-state index in [-0.39, 0.29) is 21.2 Å². The first-order valence-corrected chi connectivity index (χ1v) is 11.1. The normalized spacial score (nSPS) is 15.5. The first-order chi connectivity index (χ1) is 13.5. The second-order valence-corrected chi connectivity index (χ2v) is 7.87. The van der Waals surface area contributed by atoms with Gasteiger partial charge in [-0.25, -0.2) is 0 Å². The molecule has 2 aromatic rings. The zero-order chi connectivity index (χ0) is 20.3. The van der Waals surface area contributed by atoms with Gasteiger partial charge in [0.05, 0.1) is 9.85 Å². The van der Waals surface area contributed by atoms with Gasteiger partial charge in [-0.15, -0.1) is 0 Å². The van der Waals surface area contributed by atoms with E-state index < -0.39 is 0 Å². The Morgan fingerprint density at radius 3 is 2.14 bits per heavy atom. The number of alkyl halides is 2. The summed E-state index contributed by atoms with van der Waals surface area (Å²) < 4.78 is 0. The van der Waals surface area contributed by atoms with E-state index in [0.29, 0.717) is 16.7 Å². The van der Waals surface area contributed by atoms with Gasteiger partial charge in [-0.1, -0.05) is 56.1 Å². The Kier molecular flexibility index (Phi) is 6.79. The van der Waals surface area contributed by atoms with Crippen molar-refractivity contribution >= 4 is 43.2 Å². The summed E-state index contributed by atoms with van der Waals surface area (Å²) in [5.41, 5.74) is 4.21. The molecule has 1 aliphatic heterocycles. The van der Waals surface area contributed by atoms with Gasteiger partial charge in [0.15, 0.2) is 0 Å². The minimum absolute atomic E-state index is 0.175. The van der Waals surface area contributed by atoms with Crippen molar-refractivity contribution in [3.63, 3.8) is 0 Å². The highest BCUT2D eigenvalue weighted by Gasteiger charge is 2.35. The maximum atomic E-state index is 10.8. The van der Waals surface area contributed by atoms with Crippen LogP contribution in [0.25, 0.3) is 0 Å². The third-order valence-corrected chi connectivity index (χ3v) is 6.13. The molecule has 0 spiro atoms.